The molecular weight excluding hydrogens is 286 g/mol. The number of hydrogen-bond donors (Lipinski definition) is 1. The first-order valence-electron chi connectivity index (χ1n) is 6.76. The van der Waals surface area contributed by atoms with Gasteiger partial charge < -0.3 is 10.0 Å². The smallest absolute Gasteiger partial charge is 0.309 e. The Morgan fingerprint density at radius 2 is 2.00 bits per heavy atom. The van der Waals surface area contributed by atoms with E-state index in [0.717, 1.165) is 10.4 Å². The van der Waals surface area contributed by atoms with Gasteiger partial charge in [-0.05, 0) is 17.0 Å². The SMILES string of the molecule is O=C(O)[C@H]1CC(=O)N(Cc2cccs2)[C@@H]1c1ccccc1. The lowest BCUT2D eigenvalue weighted by Crippen LogP contribution is -2.29. The Hall–Kier alpha value is -2.14. The lowest BCUT2D eigenvalue weighted by molar-refractivity contribution is -0.142. The number of carbonyl (C=O) groups excluding carboxylic acids is 1. The van der Waals surface area contributed by atoms with Crippen LogP contribution in [0, 0.1) is 5.92 Å². The van der Waals surface area contributed by atoms with Crippen molar-refractivity contribution in [3.05, 3.63) is 58.3 Å². The van der Waals surface area contributed by atoms with E-state index in [1.807, 2.05) is 47.8 Å². The predicted octanol–water partition coefficient (Wildman–Crippen LogP) is 2.92. The number of nitrogens with zero attached hydrogens (tertiary/aromatic N) is 1. The van der Waals surface area contributed by atoms with Gasteiger partial charge in [-0.15, -0.1) is 11.3 Å². The topological polar surface area (TPSA) is 57.6 Å². The first-order valence-corrected chi connectivity index (χ1v) is 7.64. The third kappa shape index (κ3) is 2.69. The Balaban J connectivity index is 1.95. The minimum absolute atomic E-state index is 0.0697. The molecule has 1 aliphatic rings. The summed E-state index contributed by atoms with van der Waals surface area (Å²) < 4.78 is 0. The van der Waals surface area contributed by atoms with E-state index in [0.29, 0.717) is 6.54 Å². The zero-order valence-electron chi connectivity index (χ0n) is 11.3. The fraction of sp³-hybridized carbons (Fsp3) is 0.250. The summed E-state index contributed by atoms with van der Waals surface area (Å²) in [6.45, 7) is 0.472. The van der Waals surface area contributed by atoms with E-state index in [-0.39, 0.29) is 12.3 Å². The van der Waals surface area contributed by atoms with Crippen LogP contribution in [0.4, 0.5) is 0 Å². The number of carbonyl (C=O) groups is 2. The molecule has 2 aromatic rings. The standard InChI is InChI=1S/C16H15NO3S/c18-14-9-13(16(19)20)15(11-5-2-1-3-6-11)17(14)10-12-7-4-8-21-12/h1-8,13,15H,9-10H2,(H,19,20)/t13-,15+/m0/s1. The number of carboxylic acids is 1. The van der Waals surface area contributed by atoms with Gasteiger partial charge in [-0.25, -0.2) is 0 Å². The number of aliphatic carboxylic acids is 1. The second-order valence-electron chi connectivity index (χ2n) is 5.11. The molecule has 1 N–H and O–H groups in total. The van der Waals surface area contributed by atoms with Crippen molar-refractivity contribution < 1.29 is 14.7 Å². The van der Waals surface area contributed by atoms with Gasteiger partial charge in [-0.1, -0.05) is 36.4 Å². The van der Waals surface area contributed by atoms with Crippen molar-refractivity contribution in [3.63, 3.8) is 0 Å². The molecule has 108 valence electrons. The molecule has 5 heteroatoms. The molecule has 3 rings (SSSR count). The van der Waals surface area contributed by atoms with E-state index < -0.39 is 17.9 Å². The monoisotopic (exact) mass is 301 g/mol. The lowest BCUT2D eigenvalue weighted by atomic mass is 9.94. The molecular formula is C16H15NO3S. The van der Waals surface area contributed by atoms with Gasteiger partial charge in [-0.3, -0.25) is 9.59 Å². The largest absolute Gasteiger partial charge is 0.481 e. The van der Waals surface area contributed by atoms with Crippen LogP contribution in [0.1, 0.15) is 22.9 Å². The highest BCUT2D eigenvalue weighted by atomic mass is 32.1. The Morgan fingerprint density at radius 3 is 2.62 bits per heavy atom. The van der Waals surface area contributed by atoms with Crippen LogP contribution in [-0.4, -0.2) is 21.9 Å². The molecule has 0 radical (unpaired) electrons. The summed E-state index contributed by atoms with van der Waals surface area (Å²) >= 11 is 1.58. The van der Waals surface area contributed by atoms with Crippen molar-refractivity contribution in [2.75, 3.05) is 0 Å². The van der Waals surface area contributed by atoms with Crippen molar-refractivity contribution in [2.45, 2.75) is 19.0 Å². The number of carboxylic acid groups (broad SMARTS) is 1. The van der Waals surface area contributed by atoms with Crippen LogP contribution in [0.2, 0.25) is 0 Å². The average Bonchev–Trinajstić information content (AvgIpc) is 3.09. The minimum atomic E-state index is -0.911. The van der Waals surface area contributed by atoms with Gasteiger partial charge in [0.2, 0.25) is 5.91 Å². The zero-order chi connectivity index (χ0) is 14.8. The summed E-state index contributed by atoms with van der Waals surface area (Å²) in [5.41, 5.74) is 0.882. The first kappa shape index (κ1) is 13.8. The maximum Gasteiger partial charge on any atom is 0.309 e. The highest BCUT2D eigenvalue weighted by Gasteiger charge is 2.44. The highest BCUT2D eigenvalue weighted by Crippen LogP contribution is 2.39. The van der Waals surface area contributed by atoms with E-state index in [1.54, 1.807) is 16.2 Å². The van der Waals surface area contributed by atoms with E-state index in [9.17, 15) is 14.7 Å². The molecule has 1 saturated heterocycles. The van der Waals surface area contributed by atoms with Crippen molar-refractivity contribution in [1.82, 2.24) is 4.90 Å². The summed E-state index contributed by atoms with van der Waals surface area (Å²) in [6.07, 6.45) is 0.0697. The van der Waals surface area contributed by atoms with Crippen molar-refractivity contribution in [3.8, 4) is 0 Å². The number of benzene rings is 1. The van der Waals surface area contributed by atoms with Gasteiger partial charge in [0.05, 0.1) is 18.5 Å². The number of hydrogen-bond acceptors (Lipinski definition) is 3. The Bertz CT molecular complexity index is 639. The molecule has 0 unspecified atom stereocenters. The summed E-state index contributed by atoms with van der Waals surface area (Å²) in [4.78, 5) is 26.5. The van der Waals surface area contributed by atoms with Gasteiger partial charge in [0.15, 0.2) is 0 Å². The second kappa shape index (κ2) is 5.69. The number of thiophene rings is 1. The molecule has 2 atom stereocenters. The van der Waals surface area contributed by atoms with E-state index >= 15 is 0 Å². The van der Waals surface area contributed by atoms with E-state index in [1.165, 1.54) is 0 Å². The van der Waals surface area contributed by atoms with Crippen molar-refractivity contribution in [2.24, 2.45) is 5.92 Å². The summed E-state index contributed by atoms with van der Waals surface area (Å²) in [7, 11) is 0. The van der Waals surface area contributed by atoms with E-state index in [2.05, 4.69) is 0 Å². The molecule has 1 aromatic heterocycles. The highest BCUT2D eigenvalue weighted by molar-refractivity contribution is 7.09. The fourth-order valence-electron chi connectivity index (χ4n) is 2.83. The first-order chi connectivity index (χ1) is 10.2. The predicted molar refractivity (Wildman–Crippen MR) is 79.8 cm³/mol. The molecule has 0 aliphatic carbocycles. The number of rotatable bonds is 4. The maximum atomic E-state index is 12.3. The Morgan fingerprint density at radius 1 is 1.24 bits per heavy atom. The average molecular weight is 301 g/mol. The van der Waals surface area contributed by atoms with Crippen LogP contribution >= 0.6 is 11.3 Å². The van der Waals surface area contributed by atoms with Gasteiger partial charge in [0.25, 0.3) is 0 Å². The summed E-state index contributed by atoms with van der Waals surface area (Å²) in [6, 6.07) is 12.9. The van der Waals surface area contributed by atoms with Crippen LogP contribution in [0.3, 0.4) is 0 Å². The maximum absolute atomic E-state index is 12.3. The third-order valence-corrected chi connectivity index (χ3v) is 4.66. The van der Waals surface area contributed by atoms with Gasteiger partial charge in [-0.2, -0.15) is 0 Å². The van der Waals surface area contributed by atoms with Gasteiger partial charge in [0, 0.05) is 11.3 Å². The van der Waals surface area contributed by atoms with Crippen LogP contribution in [-0.2, 0) is 16.1 Å². The molecule has 21 heavy (non-hydrogen) atoms. The normalized spacial score (nSPS) is 21.7. The summed E-state index contributed by atoms with van der Waals surface area (Å²) in [5, 5.41) is 11.4. The molecule has 2 heterocycles. The third-order valence-electron chi connectivity index (χ3n) is 3.80. The van der Waals surface area contributed by atoms with Crippen LogP contribution in [0.25, 0.3) is 0 Å². The molecule has 1 amide bonds. The molecule has 1 aliphatic heterocycles. The number of likely N-dealkylation sites (tertiary alicyclic amines) is 1. The quantitative estimate of drug-likeness (QED) is 0.944. The van der Waals surface area contributed by atoms with Crippen molar-refractivity contribution in [1.29, 1.82) is 0 Å². The number of amides is 1. The molecule has 0 saturated carbocycles. The fourth-order valence-corrected chi connectivity index (χ4v) is 3.53. The zero-order valence-corrected chi connectivity index (χ0v) is 12.1. The molecule has 4 nitrogen and oxygen atoms in total. The van der Waals surface area contributed by atoms with Crippen LogP contribution in [0.15, 0.2) is 47.8 Å². The van der Waals surface area contributed by atoms with Crippen molar-refractivity contribution >= 4 is 23.2 Å². The Kier molecular flexibility index (Phi) is 3.75. The van der Waals surface area contributed by atoms with Gasteiger partial charge >= 0.3 is 5.97 Å². The molecule has 1 aromatic carbocycles. The van der Waals surface area contributed by atoms with Crippen LogP contribution in [0.5, 0.6) is 0 Å². The van der Waals surface area contributed by atoms with Crippen LogP contribution < -0.4 is 0 Å². The lowest BCUT2D eigenvalue weighted by Gasteiger charge is -2.27. The van der Waals surface area contributed by atoms with Gasteiger partial charge in [0.1, 0.15) is 0 Å². The minimum Gasteiger partial charge on any atom is -0.481 e. The van der Waals surface area contributed by atoms with E-state index in [4.69, 9.17) is 0 Å². The molecule has 1 fully saturated rings. The molecule has 0 bridgehead atoms. The summed E-state index contributed by atoms with van der Waals surface area (Å²) in [5.74, 6) is -1.68. The molecule has 0 spiro atoms. The Labute approximate surface area is 126 Å². The second-order valence-corrected chi connectivity index (χ2v) is 6.14.